The van der Waals surface area contributed by atoms with Crippen LogP contribution < -0.4 is 10.5 Å². The van der Waals surface area contributed by atoms with Crippen LogP contribution >= 0.6 is 11.3 Å². The van der Waals surface area contributed by atoms with Crippen molar-refractivity contribution in [2.45, 2.75) is 25.1 Å². The molecule has 8 nitrogen and oxygen atoms in total. The summed E-state index contributed by atoms with van der Waals surface area (Å²) < 4.78 is 22.5. The van der Waals surface area contributed by atoms with Gasteiger partial charge in [0.05, 0.1) is 19.6 Å². The zero-order valence-electron chi connectivity index (χ0n) is 11.8. The van der Waals surface area contributed by atoms with Crippen molar-refractivity contribution in [3.05, 3.63) is 0 Å². The zero-order valence-corrected chi connectivity index (χ0v) is 13.4. The van der Waals surface area contributed by atoms with Gasteiger partial charge in [0.15, 0.2) is 6.54 Å². The summed E-state index contributed by atoms with van der Waals surface area (Å²) in [6, 6.07) is 0. The number of carbonyl (C=O) groups is 1. The van der Waals surface area contributed by atoms with Gasteiger partial charge in [-0.15, -0.1) is 10.2 Å². The predicted octanol–water partition coefficient (Wildman–Crippen LogP) is 0.000500. The molecule has 1 aromatic heterocycles. The summed E-state index contributed by atoms with van der Waals surface area (Å²) in [5.41, 5.74) is 0. The highest BCUT2D eigenvalue weighted by atomic mass is 32.2. The van der Waals surface area contributed by atoms with Gasteiger partial charge in [0.1, 0.15) is 0 Å². The molecule has 3 N–H and O–H groups in total. The second-order valence-electron chi connectivity index (χ2n) is 4.41. The van der Waals surface area contributed by atoms with Crippen molar-refractivity contribution < 1.29 is 17.7 Å². The van der Waals surface area contributed by atoms with Crippen LogP contribution in [0.3, 0.4) is 0 Å². The molecule has 0 atom stereocenters. The van der Waals surface area contributed by atoms with E-state index >= 15 is 0 Å². The smallest absolute Gasteiger partial charge is 0.281 e. The third-order valence-corrected chi connectivity index (χ3v) is 5.54. The lowest BCUT2D eigenvalue weighted by molar-refractivity contribution is -0.915. The van der Waals surface area contributed by atoms with Gasteiger partial charge in [-0.3, -0.25) is 10.1 Å². The van der Waals surface area contributed by atoms with Gasteiger partial charge < -0.3 is 4.48 Å². The highest BCUT2D eigenvalue weighted by Crippen LogP contribution is 2.18. The number of hydrogen-bond donors (Lipinski definition) is 2. The van der Waals surface area contributed by atoms with Crippen LogP contribution in [0.15, 0.2) is 4.34 Å². The fourth-order valence-electron chi connectivity index (χ4n) is 1.84. The fourth-order valence-corrected chi connectivity index (χ4v) is 3.19. The number of rotatable bonds is 7. The molecule has 0 aliphatic rings. The summed E-state index contributed by atoms with van der Waals surface area (Å²) in [6.45, 7) is 8.95. The Morgan fingerprint density at radius 1 is 1.25 bits per heavy atom. The average Bonchev–Trinajstić information content (AvgIpc) is 2.84. The lowest BCUT2D eigenvalue weighted by Gasteiger charge is -2.34. The molecule has 1 rings (SSSR count). The lowest BCUT2D eigenvalue weighted by Crippen LogP contribution is -2.51. The van der Waals surface area contributed by atoms with Crippen molar-refractivity contribution in [3.8, 4) is 0 Å². The predicted molar refractivity (Wildman–Crippen MR) is 76.7 cm³/mol. The van der Waals surface area contributed by atoms with Crippen LogP contribution in [-0.4, -0.2) is 55.2 Å². The third kappa shape index (κ3) is 4.20. The van der Waals surface area contributed by atoms with Gasteiger partial charge in [0.25, 0.3) is 15.9 Å². The van der Waals surface area contributed by atoms with Gasteiger partial charge in [0, 0.05) is 0 Å². The van der Waals surface area contributed by atoms with Crippen LogP contribution in [0.4, 0.5) is 5.13 Å². The molecule has 1 aromatic rings. The van der Waals surface area contributed by atoms with Crippen molar-refractivity contribution in [1.82, 2.24) is 10.2 Å². The van der Waals surface area contributed by atoms with E-state index in [9.17, 15) is 13.2 Å². The van der Waals surface area contributed by atoms with Gasteiger partial charge in [-0.25, -0.2) is 13.6 Å². The van der Waals surface area contributed by atoms with Crippen LogP contribution in [0, 0.1) is 0 Å². The van der Waals surface area contributed by atoms with Crippen LogP contribution in [0.1, 0.15) is 20.8 Å². The number of carbonyl (C=O) groups excluding carboxylic acids is 1. The molecule has 0 fully saturated rings. The molecule has 0 radical (unpaired) electrons. The molecule has 0 aromatic carbocycles. The van der Waals surface area contributed by atoms with Crippen LogP contribution in [-0.2, 0) is 14.8 Å². The SMILES string of the molecule is CC[N+](CC)(CC)CC(=O)Nc1nnc(S(N)(=O)=O)s1. The highest BCUT2D eigenvalue weighted by Gasteiger charge is 2.25. The molecule has 0 saturated heterocycles. The van der Waals surface area contributed by atoms with E-state index in [1.807, 2.05) is 20.8 Å². The minimum absolute atomic E-state index is 0.139. The average molecular weight is 322 g/mol. The van der Waals surface area contributed by atoms with Crippen molar-refractivity contribution in [1.29, 1.82) is 0 Å². The van der Waals surface area contributed by atoms with E-state index < -0.39 is 10.0 Å². The van der Waals surface area contributed by atoms with E-state index in [2.05, 4.69) is 15.5 Å². The molecule has 20 heavy (non-hydrogen) atoms. The Labute approximate surface area is 122 Å². The van der Waals surface area contributed by atoms with Gasteiger partial charge in [-0.05, 0) is 20.8 Å². The van der Waals surface area contributed by atoms with Gasteiger partial charge >= 0.3 is 0 Å². The number of aromatic nitrogens is 2. The van der Waals surface area contributed by atoms with Crippen LogP contribution in [0.5, 0.6) is 0 Å². The fraction of sp³-hybridized carbons (Fsp3) is 0.700. The second-order valence-corrected chi connectivity index (χ2v) is 7.13. The Bertz CT molecular complexity index is 557. The Kier molecular flexibility index (Phi) is 5.57. The Balaban J connectivity index is 2.74. The first-order valence-electron chi connectivity index (χ1n) is 6.27. The Morgan fingerprint density at radius 3 is 2.20 bits per heavy atom. The summed E-state index contributed by atoms with van der Waals surface area (Å²) in [6.07, 6.45) is 0. The van der Waals surface area contributed by atoms with E-state index in [0.717, 1.165) is 31.0 Å². The number of anilines is 1. The largest absolute Gasteiger partial charge is 0.317 e. The van der Waals surface area contributed by atoms with Gasteiger partial charge in [-0.1, -0.05) is 11.3 Å². The number of likely N-dealkylation sites (N-methyl/N-ethyl adjacent to an activating group) is 1. The van der Waals surface area contributed by atoms with Crippen molar-refractivity contribution in [2.75, 3.05) is 31.5 Å². The first-order valence-corrected chi connectivity index (χ1v) is 8.64. The molecule has 0 bridgehead atoms. The van der Waals surface area contributed by atoms with Crippen LogP contribution in [0.2, 0.25) is 0 Å². The second kappa shape index (κ2) is 6.57. The molecular weight excluding hydrogens is 302 g/mol. The molecule has 0 aliphatic carbocycles. The number of hydrogen-bond acceptors (Lipinski definition) is 6. The number of primary sulfonamides is 1. The summed E-state index contributed by atoms with van der Waals surface area (Å²) in [5, 5.41) is 14.7. The molecular formula is C10H20N5O3S2+. The van der Waals surface area contributed by atoms with Gasteiger partial charge in [0.2, 0.25) is 9.47 Å². The topological polar surface area (TPSA) is 115 Å². The molecule has 114 valence electrons. The lowest BCUT2D eigenvalue weighted by atomic mass is 10.3. The van der Waals surface area contributed by atoms with E-state index in [0.29, 0.717) is 11.0 Å². The Hall–Kier alpha value is -1.10. The number of nitrogens with zero attached hydrogens (tertiary/aromatic N) is 3. The monoisotopic (exact) mass is 322 g/mol. The summed E-state index contributed by atoms with van der Waals surface area (Å²) in [5.74, 6) is -0.215. The maximum atomic E-state index is 12.0. The molecule has 1 heterocycles. The van der Waals surface area contributed by atoms with E-state index in [-0.39, 0.29) is 15.4 Å². The quantitative estimate of drug-likeness (QED) is 0.541. The van der Waals surface area contributed by atoms with E-state index in [4.69, 9.17) is 5.14 Å². The number of sulfonamides is 1. The highest BCUT2D eigenvalue weighted by molar-refractivity contribution is 7.91. The first kappa shape index (κ1) is 17.0. The summed E-state index contributed by atoms with van der Waals surface area (Å²) >= 11 is 0.743. The number of nitrogens with one attached hydrogen (secondary N) is 1. The molecule has 0 spiro atoms. The van der Waals surface area contributed by atoms with Gasteiger partial charge in [-0.2, -0.15) is 0 Å². The number of quaternary nitrogens is 1. The molecule has 0 saturated carbocycles. The normalized spacial score (nSPS) is 12.4. The number of nitrogens with two attached hydrogens (primary N) is 1. The minimum Gasteiger partial charge on any atom is -0.317 e. The zero-order chi connectivity index (χ0) is 15.4. The molecule has 0 unspecified atom stereocenters. The first-order chi connectivity index (χ1) is 9.26. The maximum absolute atomic E-state index is 12.0. The van der Waals surface area contributed by atoms with E-state index in [1.165, 1.54) is 0 Å². The Morgan fingerprint density at radius 2 is 1.80 bits per heavy atom. The maximum Gasteiger partial charge on any atom is 0.281 e. The van der Waals surface area contributed by atoms with Crippen molar-refractivity contribution in [2.24, 2.45) is 5.14 Å². The number of amides is 1. The molecule has 10 heteroatoms. The molecule has 1 amide bonds. The van der Waals surface area contributed by atoms with Crippen molar-refractivity contribution >= 4 is 32.4 Å². The third-order valence-electron chi connectivity index (χ3n) is 3.39. The van der Waals surface area contributed by atoms with Crippen molar-refractivity contribution in [3.63, 3.8) is 0 Å². The standard InChI is InChI=1S/C10H19N5O3S2/c1-4-15(5-2,6-3)7-8(16)12-9-13-14-10(19-9)20(11,17)18/h4-7H2,1-3H3,(H2-,11,12,13,16,17,18)/p+1. The molecule has 0 aliphatic heterocycles. The summed E-state index contributed by atoms with van der Waals surface area (Å²) in [4.78, 5) is 12.0. The summed E-state index contributed by atoms with van der Waals surface area (Å²) in [7, 11) is -3.88. The van der Waals surface area contributed by atoms with Crippen LogP contribution in [0.25, 0.3) is 0 Å². The van der Waals surface area contributed by atoms with E-state index in [1.54, 1.807) is 0 Å². The minimum atomic E-state index is -3.88.